The van der Waals surface area contributed by atoms with E-state index in [1.807, 2.05) is 44.2 Å². The number of ketones is 1. The lowest BCUT2D eigenvalue weighted by atomic mass is 9.95. The molecule has 12 heteroatoms. The lowest BCUT2D eigenvalue weighted by Crippen LogP contribution is -2.29. The van der Waals surface area contributed by atoms with Gasteiger partial charge in [0.1, 0.15) is 19.0 Å². The summed E-state index contributed by atoms with van der Waals surface area (Å²) in [6.45, 7) is 5.51. The molecule has 1 atom stereocenters. The minimum atomic E-state index is -1.02. The van der Waals surface area contributed by atoms with Gasteiger partial charge < -0.3 is 24.1 Å². The van der Waals surface area contributed by atoms with E-state index >= 15 is 0 Å². The molecule has 45 heavy (non-hydrogen) atoms. The Morgan fingerprint density at radius 2 is 1.78 bits per heavy atom. The van der Waals surface area contributed by atoms with Gasteiger partial charge in [-0.1, -0.05) is 66.4 Å². The summed E-state index contributed by atoms with van der Waals surface area (Å²) in [5.41, 5.74) is 1.88. The number of Topliss-reactive ketones (excluding diaryl/α,β-unsaturated/α-hetero) is 1. The Labute approximate surface area is 268 Å². The Morgan fingerprint density at radius 3 is 2.56 bits per heavy atom. The van der Waals surface area contributed by atoms with E-state index in [2.05, 4.69) is 10.2 Å². The number of rotatable bonds is 11. The van der Waals surface area contributed by atoms with Crippen molar-refractivity contribution < 1.29 is 33.6 Å². The monoisotopic (exact) mass is 645 g/mol. The van der Waals surface area contributed by atoms with E-state index in [4.69, 9.17) is 18.9 Å². The van der Waals surface area contributed by atoms with Crippen LogP contribution in [0.5, 0.6) is 23.0 Å². The molecule has 0 unspecified atom stereocenters. The summed E-state index contributed by atoms with van der Waals surface area (Å²) in [7, 11) is 0. The van der Waals surface area contributed by atoms with E-state index in [9.17, 15) is 14.7 Å². The fourth-order valence-electron chi connectivity index (χ4n) is 5.06. The number of nitrogens with zero attached hydrogens (tertiary/aromatic N) is 3. The fraction of sp³-hybridized carbons (Fsp3) is 0.273. The molecule has 232 valence electrons. The number of anilines is 1. The van der Waals surface area contributed by atoms with Crippen LogP contribution in [0.4, 0.5) is 5.13 Å². The number of benzene rings is 3. The molecule has 1 fully saturated rings. The first-order chi connectivity index (χ1) is 22.0. The van der Waals surface area contributed by atoms with Gasteiger partial charge >= 0.3 is 5.91 Å². The lowest BCUT2D eigenvalue weighted by molar-refractivity contribution is -0.132. The van der Waals surface area contributed by atoms with Crippen molar-refractivity contribution in [2.75, 3.05) is 31.3 Å². The normalized spacial score (nSPS) is 17.0. The Balaban J connectivity index is 1.43. The molecule has 0 radical (unpaired) electrons. The molecule has 3 aromatic carbocycles. The van der Waals surface area contributed by atoms with Gasteiger partial charge in [0.15, 0.2) is 27.3 Å². The predicted octanol–water partition coefficient (Wildman–Crippen LogP) is 6.42. The SMILES string of the molecule is CCCOc1ccc([C@H]2/C(=C(\O)c3ccc4c(c3)OCCO4)C(=O)C(=O)N2c2nnc(SCc3ccccc3)s2)cc1OCC. The van der Waals surface area contributed by atoms with Crippen molar-refractivity contribution in [1.82, 2.24) is 10.2 Å². The standard InChI is InChI=1S/C33H31N3O7S2/c1-3-14-41-23-12-10-21(17-25(23)40-4-2)28-27(29(37)22-11-13-24-26(18-22)43-16-15-42-24)30(38)31(39)36(28)32-34-35-33(45-32)44-19-20-8-6-5-7-9-20/h5-13,17-18,28,37H,3-4,14-16,19H2,1-2H3/b29-27+/t28-/m0/s1. The molecule has 2 aliphatic heterocycles. The number of carbonyl (C=O) groups excluding carboxylic acids is 2. The molecule has 4 aromatic rings. The fourth-order valence-corrected chi connectivity index (χ4v) is 6.89. The number of ether oxygens (including phenoxy) is 4. The van der Waals surface area contributed by atoms with Crippen LogP contribution in [0.25, 0.3) is 5.76 Å². The molecule has 1 saturated heterocycles. The Hall–Kier alpha value is -4.55. The van der Waals surface area contributed by atoms with Crippen LogP contribution < -0.4 is 23.8 Å². The second-order valence-corrected chi connectivity index (χ2v) is 12.3. The molecular formula is C33H31N3O7S2. The van der Waals surface area contributed by atoms with E-state index in [-0.39, 0.29) is 16.5 Å². The van der Waals surface area contributed by atoms with Gasteiger partial charge in [-0.15, -0.1) is 10.2 Å². The van der Waals surface area contributed by atoms with Gasteiger partial charge in [-0.05, 0) is 54.8 Å². The van der Waals surface area contributed by atoms with Crippen LogP contribution in [-0.2, 0) is 15.3 Å². The maximum absolute atomic E-state index is 13.7. The van der Waals surface area contributed by atoms with Crippen molar-refractivity contribution in [2.45, 2.75) is 36.4 Å². The predicted molar refractivity (Wildman–Crippen MR) is 172 cm³/mol. The number of aromatic nitrogens is 2. The smallest absolute Gasteiger partial charge is 0.301 e. The average molecular weight is 646 g/mol. The number of aliphatic hydroxyl groups is 1. The summed E-state index contributed by atoms with van der Waals surface area (Å²) in [4.78, 5) is 28.8. The van der Waals surface area contributed by atoms with Crippen molar-refractivity contribution in [3.05, 3.63) is 89.0 Å². The molecule has 0 bridgehead atoms. The zero-order chi connectivity index (χ0) is 31.3. The third-order valence-corrected chi connectivity index (χ3v) is 9.24. The molecule has 0 aliphatic carbocycles. The summed E-state index contributed by atoms with van der Waals surface area (Å²) in [6.07, 6.45) is 0.810. The summed E-state index contributed by atoms with van der Waals surface area (Å²) < 4.78 is 23.7. The zero-order valence-electron chi connectivity index (χ0n) is 24.7. The van der Waals surface area contributed by atoms with Gasteiger partial charge in [-0.25, -0.2) is 0 Å². The van der Waals surface area contributed by atoms with Crippen LogP contribution in [-0.4, -0.2) is 53.4 Å². The van der Waals surface area contributed by atoms with Gasteiger partial charge in [-0.2, -0.15) is 0 Å². The Morgan fingerprint density at radius 1 is 0.978 bits per heavy atom. The van der Waals surface area contributed by atoms with Gasteiger partial charge in [0.2, 0.25) is 5.13 Å². The van der Waals surface area contributed by atoms with E-state index in [1.54, 1.807) is 36.4 Å². The van der Waals surface area contributed by atoms with Crippen LogP contribution >= 0.6 is 23.1 Å². The van der Waals surface area contributed by atoms with Gasteiger partial charge in [0.05, 0.1) is 24.8 Å². The van der Waals surface area contributed by atoms with Gasteiger partial charge in [-0.3, -0.25) is 14.5 Å². The van der Waals surface area contributed by atoms with Crippen molar-refractivity contribution in [3.8, 4) is 23.0 Å². The highest BCUT2D eigenvalue weighted by Crippen LogP contribution is 2.46. The summed E-state index contributed by atoms with van der Waals surface area (Å²) in [6, 6.07) is 19.1. The Bertz CT molecular complexity index is 1740. The van der Waals surface area contributed by atoms with Crippen molar-refractivity contribution in [3.63, 3.8) is 0 Å². The number of carbonyl (C=O) groups is 2. The second-order valence-electron chi connectivity index (χ2n) is 10.1. The first-order valence-corrected chi connectivity index (χ1v) is 16.4. The molecule has 6 rings (SSSR count). The van der Waals surface area contributed by atoms with Crippen molar-refractivity contribution in [2.24, 2.45) is 0 Å². The number of aliphatic hydroxyl groups excluding tert-OH is 1. The number of thioether (sulfide) groups is 1. The molecule has 3 heterocycles. The number of hydrogen-bond donors (Lipinski definition) is 1. The first-order valence-electron chi connectivity index (χ1n) is 14.6. The highest BCUT2D eigenvalue weighted by molar-refractivity contribution is 8.00. The Kier molecular flexibility index (Phi) is 9.22. The average Bonchev–Trinajstić information content (AvgIpc) is 3.64. The largest absolute Gasteiger partial charge is 0.507 e. The lowest BCUT2D eigenvalue weighted by Gasteiger charge is -2.24. The van der Waals surface area contributed by atoms with E-state index in [0.29, 0.717) is 70.6 Å². The van der Waals surface area contributed by atoms with E-state index < -0.39 is 17.7 Å². The van der Waals surface area contributed by atoms with E-state index in [1.165, 1.54) is 28.0 Å². The molecule has 0 spiro atoms. The highest BCUT2D eigenvalue weighted by Gasteiger charge is 2.48. The molecule has 0 saturated carbocycles. The van der Waals surface area contributed by atoms with Gasteiger partial charge in [0.25, 0.3) is 5.78 Å². The van der Waals surface area contributed by atoms with Crippen LogP contribution in [0.3, 0.4) is 0 Å². The van der Waals surface area contributed by atoms with Crippen LogP contribution in [0, 0.1) is 0 Å². The van der Waals surface area contributed by atoms with E-state index in [0.717, 1.165) is 12.0 Å². The maximum Gasteiger partial charge on any atom is 0.301 e. The molecule has 1 N–H and O–H groups in total. The first kappa shape index (κ1) is 30.5. The summed E-state index contributed by atoms with van der Waals surface area (Å²) >= 11 is 2.69. The summed E-state index contributed by atoms with van der Waals surface area (Å²) in [5, 5.41) is 20.5. The minimum absolute atomic E-state index is 0.0879. The highest BCUT2D eigenvalue weighted by atomic mass is 32.2. The molecule has 1 aromatic heterocycles. The summed E-state index contributed by atoms with van der Waals surface area (Å²) in [5.74, 6) is 0.643. The van der Waals surface area contributed by atoms with Gasteiger partial charge in [0, 0.05) is 11.3 Å². The minimum Gasteiger partial charge on any atom is -0.507 e. The van der Waals surface area contributed by atoms with Crippen LogP contribution in [0.2, 0.25) is 0 Å². The topological polar surface area (TPSA) is 120 Å². The van der Waals surface area contributed by atoms with Crippen molar-refractivity contribution in [1.29, 1.82) is 0 Å². The molecule has 2 aliphatic rings. The quantitative estimate of drug-likeness (QED) is 0.0644. The second kappa shape index (κ2) is 13.6. The molecule has 10 nitrogen and oxygen atoms in total. The van der Waals surface area contributed by atoms with Crippen molar-refractivity contribution >= 4 is 45.7 Å². The third-order valence-electron chi connectivity index (χ3n) is 7.11. The molecular weight excluding hydrogens is 615 g/mol. The van der Waals surface area contributed by atoms with Crippen LogP contribution in [0.15, 0.2) is 76.6 Å². The number of amides is 1. The third kappa shape index (κ3) is 6.34. The molecule has 1 amide bonds. The maximum atomic E-state index is 13.7. The zero-order valence-corrected chi connectivity index (χ0v) is 26.4. The van der Waals surface area contributed by atoms with Crippen LogP contribution in [0.1, 0.15) is 43.0 Å². The number of hydrogen-bond acceptors (Lipinski definition) is 11. The number of fused-ring (bicyclic) bond motifs is 1.